The minimum Gasteiger partial charge on any atom is -0.496 e. The van der Waals surface area contributed by atoms with Gasteiger partial charge in [-0.25, -0.2) is 4.98 Å². The summed E-state index contributed by atoms with van der Waals surface area (Å²) in [6, 6.07) is 3.90. The Morgan fingerprint density at radius 3 is 2.70 bits per heavy atom. The van der Waals surface area contributed by atoms with Gasteiger partial charge in [0.15, 0.2) is 5.78 Å². The van der Waals surface area contributed by atoms with Gasteiger partial charge in [0.05, 0.1) is 7.11 Å². The molecular formula is C19H24N2O2. The summed E-state index contributed by atoms with van der Waals surface area (Å²) >= 11 is 0. The maximum Gasteiger partial charge on any atom is 0.167 e. The van der Waals surface area contributed by atoms with E-state index in [1.54, 1.807) is 13.3 Å². The zero-order valence-corrected chi connectivity index (χ0v) is 14.1. The first kappa shape index (κ1) is 15.8. The Bertz CT molecular complexity index is 718. The molecule has 0 N–H and O–H groups in total. The van der Waals surface area contributed by atoms with Gasteiger partial charge in [-0.05, 0) is 55.9 Å². The molecule has 1 atom stereocenters. The number of benzene rings is 1. The Hall–Kier alpha value is -2.10. The highest BCUT2D eigenvalue weighted by atomic mass is 16.5. The van der Waals surface area contributed by atoms with Crippen LogP contribution in [0.5, 0.6) is 5.75 Å². The summed E-state index contributed by atoms with van der Waals surface area (Å²) in [6.07, 6.45) is 8.02. The lowest BCUT2D eigenvalue weighted by molar-refractivity contribution is 0.0916. The van der Waals surface area contributed by atoms with Crippen LogP contribution in [0.3, 0.4) is 0 Å². The van der Waals surface area contributed by atoms with Crippen LogP contribution in [0, 0.1) is 12.8 Å². The number of carbonyl (C=O) groups is 1. The minimum absolute atomic E-state index is 0.0673. The van der Waals surface area contributed by atoms with Crippen molar-refractivity contribution in [2.75, 3.05) is 7.11 Å². The summed E-state index contributed by atoms with van der Waals surface area (Å²) < 4.78 is 7.53. The van der Waals surface area contributed by atoms with E-state index in [0.717, 1.165) is 36.4 Å². The molecule has 1 aliphatic rings. The van der Waals surface area contributed by atoms with E-state index in [1.807, 2.05) is 36.7 Å². The molecule has 1 aliphatic carbocycles. The van der Waals surface area contributed by atoms with Gasteiger partial charge in [0.25, 0.3) is 0 Å². The Morgan fingerprint density at radius 1 is 1.30 bits per heavy atom. The number of carbonyl (C=O) groups excluding carboxylic acids is 1. The maximum absolute atomic E-state index is 13.0. The van der Waals surface area contributed by atoms with Crippen molar-refractivity contribution in [1.82, 2.24) is 9.55 Å². The topological polar surface area (TPSA) is 44.1 Å². The molecule has 1 heterocycles. The second kappa shape index (κ2) is 6.57. The third-order valence-electron chi connectivity index (χ3n) is 4.82. The lowest BCUT2D eigenvalue weighted by Gasteiger charge is -2.23. The maximum atomic E-state index is 13.0. The van der Waals surface area contributed by atoms with Crippen LogP contribution < -0.4 is 4.74 Å². The van der Waals surface area contributed by atoms with Gasteiger partial charge in [-0.3, -0.25) is 4.79 Å². The number of rotatable bonds is 5. The van der Waals surface area contributed by atoms with E-state index in [-0.39, 0.29) is 11.7 Å². The first-order valence-electron chi connectivity index (χ1n) is 8.32. The van der Waals surface area contributed by atoms with E-state index in [4.69, 9.17) is 4.74 Å². The molecule has 1 aromatic carbocycles. The average molecular weight is 312 g/mol. The molecule has 4 heteroatoms. The van der Waals surface area contributed by atoms with Gasteiger partial charge in [-0.1, -0.05) is 6.92 Å². The standard InChI is InChI=1S/C19H24N2O2/c1-13(12-21-11-10-20-14(21)2)19(22)17-8-9-18(23-3)16-7-5-4-6-15(16)17/h8-11,13H,4-7,12H2,1-3H3. The zero-order valence-electron chi connectivity index (χ0n) is 14.1. The number of hydrogen-bond acceptors (Lipinski definition) is 3. The van der Waals surface area contributed by atoms with E-state index < -0.39 is 0 Å². The smallest absolute Gasteiger partial charge is 0.167 e. The molecule has 122 valence electrons. The average Bonchev–Trinajstić information content (AvgIpc) is 2.98. The van der Waals surface area contributed by atoms with Crippen LogP contribution in [0.2, 0.25) is 0 Å². The Labute approximate surface area is 137 Å². The summed E-state index contributed by atoms with van der Waals surface area (Å²) in [5.41, 5.74) is 3.32. The SMILES string of the molecule is COc1ccc(C(=O)C(C)Cn2ccnc2C)c2c1CCCC2. The lowest BCUT2D eigenvalue weighted by atomic mass is 9.84. The predicted molar refractivity (Wildman–Crippen MR) is 90.1 cm³/mol. The van der Waals surface area contributed by atoms with Crippen LogP contribution in [0.15, 0.2) is 24.5 Å². The van der Waals surface area contributed by atoms with Crippen LogP contribution in [0.4, 0.5) is 0 Å². The Balaban J connectivity index is 1.89. The molecule has 1 aromatic heterocycles. The molecule has 0 bridgehead atoms. The predicted octanol–water partition coefficient (Wildman–Crippen LogP) is 3.60. The molecular weight excluding hydrogens is 288 g/mol. The Morgan fingerprint density at radius 2 is 2.04 bits per heavy atom. The molecule has 2 aromatic rings. The van der Waals surface area contributed by atoms with Gasteiger partial charge in [-0.2, -0.15) is 0 Å². The zero-order chi connectivity index (χ0) is 16.4. The number of ketones is 1. The van der Waals surface area contributed by atoms with Gasteiger partial charge < -0.3 is 9.30 Å². The van der Waals surface area contributed by atoms with Crippen molar-refractivity contribution in [3.63, 3.8) is 0 Å². The summed E-state index contributed by atoms with van der Waals surface area (Å²) in [5.74, 6) is 2.02. The van der Waals surface area contributed by atoms with E-state index in [2.05, 4.69) is 4.98 Å². The number of hydrogen-bond donors (Lipinski definition) is 0. The molecule has 1 unspecified atom stereocenters. The molecule has 0 amide bonds. The van der Waals surface area contributed by atoms with Crippen molar-refractivity contribution in [2.45, 2.75) is 46.1 Å². The molecule has 0 saturated heterocycles. The largest absolute Gasteiger partial charge is 0.496 e. The molecule has 3 rings (SSSR count). The number of nitrogens with zero attached hydrogens (tertiary/aromatic N) is 2. The molecule has 23 heavy (non-hydrogen) atoms. The fourth-order valence-corrected chi connectivity index (χ4v) is 3.50. The number of fused-ring (bicyclic) bond motifs is 1. The highest BCUT2D eigenvalue weighted by Crippen LogP contribution is 2.33. The van der Waals surface area contributed by atoms with Crippen molar-refractivity contribution in [1.29, 1.82) is 0 Å². The van der Waals surface area contributed by atoms with Gasteiger partial charge in [0, 0.05) is 30.4 Å². The summed E-state index contributed by atoms with van der Waals surface area (Å²) in [7, 11) is 1.70. The fourth-order valence-electron chi connectivity index (χ4n) is 3.50. The second-order valence-electron chi connectivity index (χ2n) is 6.37. The summed E-state index contributed by atoms with van der Waals surface area (Å²) in [5, 5.41) is 0. The number of imidazole rings is 1. The quantitative estimate of drug-likeness (QED) is 0.792. The highest BCUT2D eigenvalue weighted by molar-refractivity contribution is 5.99. The normalized spacial score (nSPS) is 15.1. The van der Waals surface area contributed by atoms with E-state index in [1.165, 1.54) is 17.5 Å². The van der Waals surface area contributed by atoms with Crippen molar-refractivity contribution in [3.05, 3.63) is 47.0 Å². The van der Waals surface area contributed by atoms with Gasteiger partial charge in [0.2, 0.25) is 0 Å². The monoisotopic (exact) mass is 312 g/mol. The van der Waals surface area contributed by atoms with Crippen molar-refractivity contribution in [2.24, 2.45) is 5.92 Å². The van der Waals surface area contributed by atoms with Gasteiger partial charge >= 0.3 is 0 Å². The van der Waals surface area contributed by atoms with Crippen LogP contribution >= 0.6 is 0 Å². The second-order valence-corrected chi connectivity index (χ2v) is 6.37. The molecule has 0 saturated carbocycles. The van der Waals surface area contributed by atoms with Gasteiger partial charge in [-0.15, -0.1) is 0 Å². The first-order valence-corrected chi connectivity index (χ1v) is 8.32. The third kappa shape index (κ3) is 3.03. The number of Topliss-reactive ketones (excluding diaryl/α,β-unsaturated/α-hetero) is 1. The number of ether oxygens (including phenoxy) is 1. The number of aryl methyl sites for hydroxylation is 1. The molecule has 0 spiro atoms. The molecule has 4 nitrogen and oxygen atoms in total. The lowest BCUT2D eigenvalue weighted by Crippen LogP contribution is -2.21. The van der Waals surface area contributed by atoms with Crippen LogP contribution in [0.25, 0.3) is 0 Å². The highest BCUT2D eigenvalue weighted by Gasteiger charge is 2.24. The molecule has 0 aliphatic heterocycles. The van der Waals surface area contributed by atoms with E-state index >= 15 is 0 Å². The summed E-state index contributed by atoms with van der Waals surface area (Å²) in [4.78, 5) is 17.2. The Kier molecular flexibility index (Phi) is 4.51. The minimum atomic E-state index is -0.0673. The molecule has 0 radical (unpaired) electrons. The van der Waals surface area contributed by atoms with Crippen LogP contribution in [-0.2, 0) is 19.4 Å². The fraction of sp³-hybridized carbons (Fsp3) is 0.474. The van der Waals surface area contributed by atoms with Gasteiger partial charge in [0.1, 0.15) is 11.6 Å². The third-order valence-corrected chi connectivity index (χ3v) is 4.82. The molecule has 0 fully saturated rings. The number of aromatic nitrogens is 2. The first-order chi connectivity index (χ1) is 11.1. The van der Waals surface area contributed by atoms with E-state index in [9.17, 15) is 4.79 Å². The van der Waals surface area contributed by atoms with Crippen molar-refractivity contribution < 1.29 is 9.53 Å². The van der Waals surface area contributed by atoms with Crippen LogP contribution in [0.1, 0.15) is 47.1 Å². The van der Waals surface area contributed by atoms with Crippen molar-refractivity contribution >= 4 is 5.78 Å². The number of methoxy groups -OCH3 is 1. The van der Waals surface area contributed by atoms with Crippen LogP contribution in [-0.4, -0.2) is 22.4 Å². The summed E-state index contributed by atoms with van der Waals surface area (Å²) in [6.45, 7) is 4.64. The van der Waals surface area contributed by atoms with Crippen molar-refractivity contribution in [3.8, 4) is 5.75 Å². The van der Waals surface area contributed by atoms with E-state index in [0.29, 0.717) is 6.54 Å².